The molecule has 0 aromatic carbocycles. The van der Waals surface area contributed by atoms with E-state index in [0.29, 0.717) is 15.6 Å². The van der Waals surface area contributed by atoms with E-state index in [4.69, 9.17) is 5.26 Å². The van der Waals surface area contributed by atoms with Crippen LogP contribution in [0, 0.1) is 11.3 Å². The van der Waals surface area contributed by atoms with Crippen LogP contribution in [0.1, 0.15) is 43.9 Å². The first kappa shape index (κ1) is 14.5. The topological polar surface area (TPSA) is 61.2 Å². The maximum absolute atomic E-state index is 12.7. The van der Waals surface area contributed by atoms with Gasteiger partial charge in [-0.05, 0) is 31.4 Å². The molecule has 2 rings (SSSR count). The molecule has 1 atom stereocenters. The second-order valence-electron chi connectivity index (χ2n) is 4.76. The van der Waals surface area contributed by atoms with Crippen LogP contribution in [0.3, 0.4) is 0 Å². The zero-order chi connectivity index (χ0) is 13.9. The third kappa shape index (κ3) is 2.99. The van der Waals surface area contributed by atoms with E-state index in [9.17, 15) is 8.42 Å². The maximum atomic E-state index is 12.7. The van der Waals surface area contributed by atoms with Gasteiger partial charge in [-0.15, -0.1) is 11.3 Å². The number of rotatable bonds is 3. The van der Waals surface area contributed by atoms with Gasteiger partial charge in [0.15, 0.2) is 0 Å². The first-order valence-corrected chi connectivity index (χ1v) is 8.87. The summed E-state index contributed by atoms with van der Waals surface area (Å²) < 4.78 is 27.3. The average Bonchev–Trinajstić information content (AvgIpc) is 2.76. The smallest absolute Gasteiger partial charge is 0.206 e. The molecule has 4 nitrogen and oxygen atoms in total. The van der Waals surface area contributed by atoms with Crippen molar-refractivity contribution >= 4 is 21.4 Å². The maximum Gasteiger partial charge on any atom is 0.252 e. The SMILES string of the molecule is CCC1CCCCCN1S(=O)(=O)c1ccc(C#N)s1. The van der Waals surface area contributed by atoms with Crippen LogP contribution >= 0.6 is 11.3 Å². The lowest BCUT2D eigenvalue weighted by atomic mass is 10.1. The highest BCUT2D eigenvalue weighted by Gasteiger charge is 2.32. The van der Waals surface area contributed by atoms with E-state index in [1.165, 1.54) is 0 Å². The van der Waals surface area contributed by atoms with Crippen molar-refractivity contribution in [1.29, 1.82) is 5.26 Å². The Balaban J connectivity index is 2.33. The number of hydrogen-bond acceptors (Lipinski definition) is 4. The van der Waals surface area contributed by atoms with Crippen LogP contribution in [0.15, 0.2) is 16.3 Å². The van der Waals surface area contributed by atoms with Gasteiger partial charge in [-0.25, -0.2) is 8.42 Å². The minimum atomic E-state index is -3.44. The minimum absolute atomic E-state index is 0.0973. The molecule has 6 heteroatoms. The highest BCUT2D eigenvalue weighted by molar-refractivity contribution is 7.91. The van der Waals surface area contributed by atoms with Gasteiger partial charge in [-0.1, -0.05) is 19.8 Å². The van der Waals surface area contributed by atoms with Gasteiger partial charge in [-0.3, -0.25) is 0 Å². The Hall–Kier alpha value is -0.900. The molecule has 1 aromatic heterocycles. The van der Waals surface area contributed by atoms with Gasteiger partial charge in [0, 0.05) is 12.6 Å². The largest absolute Gasteiger partial charge is 0.252 e. The van der Waals surface area contributed by atoms with Crippen molar-refractivity contribution in [3.63, 3.8) is 0 Å². The monoisotopic (exact) mass is 298 g/mol. The molecule has 104 valence electrons. The Labute approximate surface area is 118 Å². The molecule has 2 heterocycles. The fourth-order valence-corrected chi connectivity index (χ4v) is 5.51. The molecule has 0 radical (unpaired) electrons. The first-order chi connectivity index (χ1) is 9.09. The average molecular weight is 298 g/mol. The summed E-state index contributed by atoms with van der Waals surface area (Å²) >= 11 is 1.06. The number of sulfonamides is 1. The normalized spacial score (nSPS) is 21.8. The van der Waals surface area contributed by atoms with Crippen LogP contribution in [0.2, 0.25) is 0 Å². The fraction of sp³-hybridized carbons (Fsp3) is 0.615. The van der Waals surface area contributed by atoms with Crippen LogP contribution in [0.4, 0.5) is 0 Å². The van der Waals surface area contributed by atoms with Crippen molar-refractivity contribution in [3.05, 3.63) is 17.0 Å². The molecule has 1 saturated heterocycles. The van der Waals surface area contributed by atoms with Crippen molar-refractivity contribution in [2.75, 3.05) is 6.54 Å². The second-order valence-corrected chi connectivity index (χ2v) is 7.96. The molecule has 1 fully saturated rings. The third-order valence-corrected chi connectivity index (χ3v) is 6.96. The second kappa shape index (κ2) is 6.04. The standard InChI is InChI=1S/C13H18N2O2S2/c1-2-11-6-4-3-5-9-15(11)19(16,17)13-8-7-12(10-14)18-13/h7-8,11H,2-6,9H2,1H3. The number of hydrogen-bond donors (Lipinski definition) is 0. The van der Waals surface area contributed by atoms with E-state index in [1.807, 2.05) is 13.0 Å². The summed E-state index contributed by atoms with van der Waals surface area (Å²) in [4.78, 5) is 0.446. The van der Waals surface area contributed by atoms with E-state index in [1.54, 1.807) is 16.4 Å². The summed E-state index contributed by atoms with van der Waals surface area (Å²) in [5.74, 6) is 0. The third-order valence-electron chi connectivity index (χ3n) is 3.55. The highest BCUT2D eigenvalue weighted by atomic mass is 32.2. The summed E-state index contributed by atoms with van der Waals surface area (Å²) in [6.07, 6.45) is 4.89. The van der Waals surface area contributed by atoms with Gasteiger partial charge in [-0.2, -0.15) is 9.57 Å². The lowest BCUT2D eigenvalue weighted by molar-refractivity contribution is 0.316. The van der Waals surface area contributed by atoms with Crippen molar-refractivity contribution in [1.82, 2.24) is 4.31 Å². The molecular formula is C13H18N2O2S2. The van der Waals surface area contributed by atoms with Gasteiger partial charge in [0.2, 0.25) is 0 Å². The van der Waals surface area contributed by atoms with Crippen molar-refractivity contribution in [2.24, 2.45) is 0 Å². The molecule has 1 unspecified atom stereocenters. The van der Waals surface area contributed by atoms with Gasteiger partial charge in [0.05, 0.1) is 0 Å². The molecule has 0 spiro atoms. The number of thiophene rings is 1. The van der Waals surface area contributed by atoms with Gasteiger partial charge >= 0.3 is 0 Å². The molecule has 0 bridgehead atoms. The Morgan fingerprint density at radius 2 is 2.21 bits per heavy atom. The molecule has 0 saturated carbocycles. The Morgan fingerprint density at radius 3 is 2.84 bits per heavy atom. The number of nitriles is 1. The summed E-state index contributed by atoms with van der Waals surface area (Å²) in [5.41, 5.74) is 0. The molecule has 1 aromatic rings. The summed E-state index contributed by atoms with van der Waals surface area (Å²) in [7, 11) is -3.44. The van der Waals surface area contributed by atoms with Crippen molar-refractivity contribution in [3.8, 4) is 6.07 Å². The zero-order valence-corrected chi connectivity index (χ0v) is 12.6. The van der Waals surface area contributed by atoms with Crippen LogP contribution in [0.5, 0.6) is 0 Å². The number of nitrogens with zero attached hydrogens (tertiary/aromatic N) is 2. The summed E-state index contributed by atoms with van der Waals surface area (Å²) in [6, 6.07) is 5.22. The fourth-order valence-electron chi connectivity index (χ4n) is 2.51. The Bertz CT molecular complexity index is 572. The predicted molar refractivity (Wildman–Crippen MR) is 75.5 cm³/mol. The molecule has 1 aliphatic heterocycles. The van der Waals surface area contributed by atoms with Crippen molar-refractivity contribution in [2.45, 2.75) is 49.3 Å². The first-order valence-electron chi connectivity index (χ1n) is 6.61. The lowest BCUT2D eigenvalue weighted by Gasteiger charge is -2.27. The van der Waals surface area contributed by atoms with Crippen LogP contribution in [-0.4, -0.2) is 25.3 Å². The quantitative estimate of drug-likeness (QED) is 0.862. The molecular weight excluding hydrogens is 280 g/mol. The lowest BCUT2D eigenvalue weighted by Crippen LogP contribution is -2.39. The highest BCUT2D eigenvalue weighted by Crippen LogP contribution is 2.29. The van der Waals surface area contributed by atoms with E-state index in [0.717, 1.165) is 43.4 Å². The van der Waals surface area contributed by atoms with Crippen LogP contribution in [0.25, 0.3) is 0 Å². The van der Waals surface area contributed by atoms with E-state index in [-0.39, 0.29) is 6.04 Å². The van der Waals surface area contributed by atoms with E-state index >= 15 is 0 Å². The molecule has 19 heavy (non-hydrogen) atoms. The van der Waals surface area contributed by atoms with Gasteiger partial charge in [0.1, 0.15) is 15.2 Å². The van der Waals surface area contributed by atoms with E-state index < -0.39 is 10.0 Å². The minimum Gasteiger partial charge on any atom is -0.206 e. The molecule has 1 aliphatic rings. The predicted octanol–water partition coefficient (Wildman–Crippen LogP) is 2.96. The molecule has 0 aliphatic carbocycles. The zero-order valence-electron chi connectivity index (χ0n) is 11.0. The van der Waals surface area contributed by atoms with Crippen LogP contribution in [-0.2, 0) is 10.0 Å². The summed E-state index contributed by atoms with van der Waals surface area (Å²) in [6.45, 7) is 2.63. The summed E-state index contributed by atoms with van der Waals surface area (Å²) in [5, 5.41) is 8.82. The molecule has 0 amide bonds. The van der Waals surface area contributed by atoms with Crippen molar-refractivity contribution < 1.29 is 8.42 Å². The van der Waals surface area contributed by atoms with E-state index in [2.05, 4.69) is 0 Å². The Morgan fingerprint density at radius 1 is 1.42 bits per heavy atom. The van der Waals surface area contributed by atoms with Crippen LogP contribution < -0.4 is 0 Å². The Kier molecular flexibility index (Phi) is 4.61. The van der Waals surface area contributed by atoms with Gasteiger partial charge in [0.25, 0.3) is 10.0 Å². The molecule has 0 N–H and O–H groups in total. The van der Waals surface area contributed by atoms with Gasteiger partial charge < -0.3 is 0 Å².